The molecule has 1 unspecified atom stereocenters. The molecule has 1 aromatic heterocycles. The predicted molar refractivity (Wildman–Crippen MR) is 80.2 cm³/mol. The van der Waals surface area contributed by atoms with Gasteiger partial charge in [0, 0.05) is 25.5 Å². The summed E-state index contributed by atoms with van der Waals surface area (Å²) in [5.41, 5.74) is 8.53. The first kappa shape index (κ1) is 13.3. The molecule has 2 aromatic rings. The average molecular weight is 270 g/mol. The second kappa shape index (κ2) is 6.20. The van der Waals surface area contributed by atoms with E-state index in [-0.39, 0.29) is 0 Å². The lowest BCUT2D eigenvalue weighted by molar-refractivity contribution is 0.316. The number of benzene rings is 1. The molecule has 0 spiro atoms. The van der Waals surface area contributed by atoms with Crippen LogP contribution in [0.1, 0.15) is 17.5 Å². The molecule has 1 aromatic carbocycles. The van der Waals surface area contributed by atoms with Gasteiger partial charge in [0.1, 0.15) is 0 Å². The number of hydrogen-bond donors (Lipinski definition) is 1. The normalized spacial score (nSPS) is 19.6. The Kier molecular flexibility index (Phi) is 4.14. The van der Waals surface area contributed by atoms with Crippen LogP contribution in [0.3, 0.4) is 0 Å². The van der Waals surface area contributed by atoms with Crippen LogP contribution in [0.2, 0.25) is 0 Å². The fourth-order valence-electron chi connectivity index (χ4n) is 2.92. The zero-order valence-electron chi connectivity index (χ0n) is 11.8. The van der Waals surface area contributed by atoms with Crippen LogP contribution in [-0.4, -0.2) is 34.3 Å². The zero-order valence-corrected chi connectivity index (χ0v) is 11.8. The molecular weight excluding hydrogens is 248 g/mol. The minimum Gasteiger partial charge on any atom is -0.330 e. The largest absolute Gasteiger partial charge is 0.330 e. The summed E-state index contributed by atoms with van der Waals surface area (Å²) in [6, 6.07) is 10.6. The molecule has 20 heavy (non-hydrogen) atoms. The molecule has 1 aliphatic heterocycles. The lowest BCUT2D eigenvalue weighted by Crippen LogP contribution is -2.23. The number of aromatic nitrogens is 2. The molecule has 0 radical (unpaired) electrons. The Morgan fingerprint density at radius 2 is 1.95 bits per heavy atom. The summed E-state index contributed by atoms with van der Waals surface area (Å²) in [4.78, 5) is 2.51. The van der Waals surface area contributed by atoms with Crippen molar-refractivity contribution >= 4 is 0 Å². The fraction of sp³-hybridized carbons (Fsp3) is 0.438. The highest BCUT2D eigenvalue weighted by molar-refractivity contribution is 5.27. The van der Waals surface area contributed by atoms with Gasteiger partial charge in [0.25, 0.3) is 0 Å². The van der Waals surface area contributed by atoms with E-state index < -0.39 is 0 Å². The first-order valence-electron chi connectivity index (χ1n) is 7.32. The Balaban J connectivity index is 1.70. The molecular formula is C16H22N4. The van der Waals surface area contributed by atoms with Crippen LogP contribution in [0.25, 0.3) is 0 Å². The van der Waals surface area contributed by atoms with Gasteiger partial charge in [-0.2, -0.15) is 5.10 Å². The molecule has 0 bridgehead atoms. The second-order valence-electron chi connectivity index (χ2n) is 5.60. The number of hydrogen-bond acceptors (Lipinski definition) is 3. The van der Waals surface area contributed by atoms with Gasteiger partial charge in [0.2, 0.25) is 0 Å². The van der Waals surface area contributed by atoms with E-state index in [1.165, 1.54) is 17.5 Å². The van der Waals surface area contributed by atoms with Crippen molar-refractivity contribution in [2.75, 3.05) is 19.6 Å². The first-order chi connectivity index (χ1) is 9.85. The number of rotatable bonds is 5. The van der Waals surface area contributed by atoms with Crippen LogP contribution in [0.15, 0.2) is 42.7 Å². The van der Waals surface area contributed by atoms with Gasteiger partial charge in [-0.25, -0.2) is 0 Å². The Bertz CT molecular complexity index is 535. The summed E-state index contributed by atoms with van der Waals surface area (Å²) < 4.78 is 1.98. The third-order valence-corrected chi connectivity index (χ3v) is 4.11. The highest BCUT2D eigenvalue weighted by Gasteiger charge is 2.21. The molecule has 0 amide bonds. The van der Waals surface area contributed by atoms with Gasteiger partial charge in [0.15, 0.2) is 0 Å². The summed E-state index contributed by atoms with van der Waals surface area (Å²) in [5, 5.41) is 4.30. The van der Waals surface area contributed by atoms with E-state index in [0.717, 1.165) is 32.7 Å². The molecule has 4 nitrogen and oxygen atoms in total. The Labute approximate surface area is 120 Å². The molecule has 0 aliphatic carbocycles. The second-order valence-corrected chi connectivity index (χ2v) is 5.60. The lowest BCUT2D eigenvalue weighted by Gasteiger charge is -2.18. The van der Waals surface area contributed by atoms with E-state index >= 15 is 0 Å². The molecule has 2 heterocycles. The van der Waals surface area contributed by atoms with Crippen molar-refractivity contribution in [2.45, 2.75) is 19.5 Å². The lowest BCUT2D eigenvalue weighted by atomic mass is 10.1. The van der Waals surface area contributed by atoms with Crippen LogP contribution in [-0.2, 0) is 13.1 Å². The zero-order chi connectivity index (χ0) is 13.8. The maximum Gasteiger partial charge on any atom is 0.0662 e. The summed E-state index contributed by atoms with van der Waals surface area (Å²) in [5.74, 6) is 0.674. The average Bonchev–Trinajstić information content (AvgIpc) is 3.12. The molecule has 0 saturated carbocycles. The monoisotopic (exact) mass is 270 g/mol. The third kappa shape index (κ3) is 3.08. The molecule has 106 valence electrons. The van der Waals surface area contributed by atoms with Gasteiger partial charge >= 0.3 is 0 Å². The van der Waals surface area contributed by atoms with Crippen LogP contribution in [0, 0.1) is 5.92 Å². The topological polar surface area (TPSA) is 47.1 Å². The van der Waals surface area contributed by atoms with Crippen molar-refractivity contribution in [1.82, 2.24) is 14.7 Å². The molecule has 2 N–H and O–H groups in total. The van der Waals surface area contributed by atoms with Gasteiger partial charge < -0.3 is 5.73 Å². The fourth-order valence-corrected chi connectivity index (χ4v) is 2.92. The molecule has 1 fully saturated rings. The van der Waals surface area contributed by atoms with E-state index in [2.05, 4.69) is 34.3 Å². The summed E-state index contributed by atoms with van der Waals surface area (Å²) in [6.45, 7) is 4.97. The molecule has 1 aliphatic rings. The molecule has 3 rings (SSSR count). The first-order valence-corrected chi connectivity index (χ1v) is 7.32. The van der Waals surface area contributed by atoms with Crippen molar-refractivity contribution in [1.29, 1.82) is 0 Å². The van der Waals surface area contributed by atoms with Crippen molar-refractivity contribution < 1.29 is 0 Å². The summed E-state index contributed by atoms with van der Waals surface area (Å²) >= 11 is 0. The van der Waals surface area contributed by atoms with Gasteiger partial charge in [-0.05, 0) is 42.6 Å². The standard InChI is InChI=1S/C16H22N4/c17-10-14-6-9-19(11-14)12-15-4-1-2-5-16(15)13-20-8-3-7-18-20/h1-5,7-8,14H,6,9-13,17H2. The Hall–Kier alpha value is -1.65. The van der Waals surface area contributed by atoms with Crippen molar-refractivity contribution in [3.8, 4) is 0 Å². The van der Waals surface area contributed by atoms with Crippen LogP contribution >= 0.6 is 0 Å². The third-order valence-electron chi connectivity index (χ3n) is 4.11. The maximum absolute atomic E-state index is 5.77. The van der Waals surface area contributed by atoms with E-state index in [0.29, 0.717) is 5.92 Å². The minimum atomic E-state index is 0.674. The van der Waals surface area contributed by atoms with E-state index in [4.69, 9.17) is 5.73 Å². The maximum atomic E-state index is 5.77. The van der Waals surface area contributed by atoms with Gasteiger partial charge in [0.05, 0.1) is 6.54 Å². The quantitative estimate of drug-likeness (QED) is 0.900. The summed E-state index contributed by atoms with van der Waals surface area (Å²) in [7, 11) is 0. The van der Waals surface area contributed by atoms with Crippen LogP contribution < -0.4 is 5.73 Å². The van der Waals surface area contributed by atoms with Gasteiger partial charge in [-0.3, -0.25) is 9.58 Å². The predicted octanol–water partition coefficient (Wildman–Crippen LogP) is 1.71. The Morgan fingerprint density at radius 1 is 1.15 bits per heavy atom. The number of likely N-dealkylation sites (tertiary alicyclic amines) is 1. The number of nitrogens with zero attached hydrogens (tertiary/aromatic N) is 3. The van der Waals surface area contributed by atoms with Crippen molar-refractivity contribution in [2.24, 2.45) is 11.7 Å². The molecule has 4 heteroatoms. The van der Waals surface area contributed by atoms with Crippen LogP contribution in [0.5, 0.6) is 0 Å². The number of nitrogens with two attached hydrogens (primary N) is 1. The Morgan fingerprint density at radius 3 is 2.60 bits per heavy atom. The minimum absolute atomic E-state index is 0.674. The molecule has 1 atom stereocenters. The van der Waals surface area contributed by atoms with E-state index in [1.54, 1.807) is 0 Å². The highest BCUT2D eigenvalue weighted by atomic mass is 15.3. The van der Waals surface area contributed by atoms with Gasteiger partial charge in [-0.1, -0.05) is 24.3 Å². The van der Waals surface area contributed by atoms with Crippen LogP contribution in [0.4, 0.5) is 0 Å². The smallest absolute Gasteiger partial charge is 0.0662 e. The van der Waals surface area contributed by atoms with Crippen molar-refractivity contribution in [3.05, 3.63) is 53.9 Å². The summed E-state index contributed by atoms with van der Waals surface area (Å²) in [6.07, 6.45) is 5.07. The van der Waals surface area contributed by atoms with E-state index in [9.17, 15) is 0 Å². The van der Waals surface area contributed by atoms with Crippen molar-refractivity contribution in [3.63, 3.8) is 0 Å². The molecule has 1 saturated heterocycles. The SMILES string of the molecule is NCC1CCN(Cc2ccccc2Cn2cccn2)C1. The highest BCUT2D eigenvalue weighted by Crippen LogP contribution is 2.20. The van der Waals surface area contributed by atoms with Gasteiger partial charge in [-0.15, -0.1) is 0 Å². The van der Waals surface area contributed by atoms with E-state index in [1.807, 2.05) is 23.1 Å².